The largest absolute Gasteiger partial charge is 0.494 e. The van der Waals surface area contributed by atoms with Crippen LogP contribution >= 0.6 is 0 Å². The van der Waals surface area contributed by atoms with E-state index in [1.165, 1.54) is 63.4 Å². The molecule has 6 unspecified atom stereocenters. The highest BCUT2D eigenvalue weighted by atomic mass is 16.5. The van der Waals surface area contributed by atoms with E-state index in [0.29, 0.717) is 47.6 Å². The van der Waals surface area contributed by atoms with Crippen molar-refractivity contribution in [1.82, 2.24) is 5.32 Å². The number of aliphatic hydroxyl groups excluding tert-OH is 1. The van der Waals surface area contributed by atoms with E-state index in [1.54, 1.807) is 0 Å². The van der Waals surface area contributed by atoms with Crippen LogP contribution < -0.4 is 10.1 Å². The van der Waals surface area contributed by atoms with E-state index in [0.717, 1.165) is 56.6 Å². The Kier molecular flexibility index (Phi) is 8.17. The summed E-state index contributed by atoms with van der Waals surface area (Å²) in [5.41, 5.74) is 1.68. The summed E-state index contributed by atoms with van der Waals surface area (Å²) in [5.74, 6) is 4.12. The van der Waals surface area contributed by atoms with Gasteiger partial charge in [0, 0.05) is 30.3 Å². The molecule has 0 aliphatic heterocycles. The van der Waals surface area contributed by atoms with Crippen molar-refractivity contribution in [2.24, 2.45) is 34.5 Å². The maximum absolute atomic E-state index is 12.2. The molecule has 8 atom stereocenters. The topological polar surface area (TPSA) is 58.6 Å². The van der Waals surface area contributed by atoms with Gasteiger partial charge >= 0.3 is 0 Å². The van der Waals surface area contributed by atoms with Crippen LogP contribution in [-0.4, -0.2) is 29.6 Å². The lowest BCUT2D eigenvalue weighted by molar-refractivity contribution is -0.145. The molecule has 6 rings (SSSR count). The molecule has 5 aliphatic rings. The fourth-order valence-electron chi connectivity index (χ4n) is 10.5. The highest BCUT2D eigenvalue weighted by molar-refractivity contribution is 5.79. The molecule has 0 heterocycles. The van der Waals surface area contributed by atoms with Gasteiger partial charge in [0.1, 0.15) is 11.5 Å². The zero-order valence-corrected chi connectivity index (χ0v) is 24.6. The van der Waals surface area contributed by atoms with Crippen LogP contribution in [0.4, 0.5) is 0 Å². The first-order valence-electron chi connectivity index (χ1n) is 16.6. The lowest BCUT2D eigenvalue weighted by atomic mass is 9.44. The number of fused-ring (bicyclic) bond motifs is 5. The molecule has 0 saturated heterocycles. The number of rotatable bonds is 8. The lowest BCUT2D eigenvalue weighted by Gasteiger charge is -2.60. The van der Waals surface area contributed by atoms with E-state index in [9.17, 15) is 9.90 Å². The Morgan fingerprint density at radius 3 is 2.69 bits per heavy atom. The van der Waals surface area contributed by atoms with Gasteiger partial charge < -0.3 is 15.2 Å². The summed E-state index contributed by atoms with van der Waals surface area (Å²) in [7, 11) is 0. The molecular weight excluding hydrogens is 482 g/mol. The van der Waals surface area contributed by atoms with Crippen molar-refractivity contribution < 1.29 is 14.6 Å². The van der Waals surface area contributed by atoms with Gasteiger partial charge in [-0.2, -0.15) is 0 Å². The Morgan fingerprint density at radius 2 is 1.87 bits per heavy atom. The van der Waals surface area contributed by atoms with E-state index >= 15 is 0 Å². The Labute approximate surface area is 237 Å². The maximum atomic E-state index is 12.2. The number of carbonyl (C=O) groups is 1. The standard InChI is InChI=1S/C35H53NO3/c1-3-32(36-26-9-5-4-6-10-26)24-8-7-11-28(22-24)39-21-20-35-19-17-30-29(31(35)14-15-33(35)38)13-12-25-23-27(37)16-18-34(25,30)2/h7-8,11,22,25-26,29-33,36,38H,3-6,9-10,12-21,23H2,1-2H3/t25?,29?,30?,31?,32?,33-,34-,35?/m0/s1. The molecule has 4 heteroatoms. The number of carbonyl (C=O) groups excluding carboxylic acids is 1. The van der Waals surface area contributed by atoms with Crippen molar-refractivity contribution >= 4 is 5.78 Å². The molecule has 0 aromatic heterocycles. The van der Waals surface area contributed by atoms with Crippen molar-refractivity contribution in [3.63, 3.8) is 0 Å². The highest BCUT2D eigenvalue weighted by Gasteiger charge is 2.61. The maximum Gasteiger partial charge on any atom is 0.133 e. The normalized spacial score (nSPS) is 39.5. The first kappa shape index (κ1) is 27.8. The van der Waals surface area contributed by atoms with Gasteiger partial charge in [-0.25, -0.2) is 0 Å². The average molecular weight is 536 g/mol. The minimum atomic E-state index is -0.194. The SMILES string of the molecule is CCC(NC1CCCCC1)c1cccc(OCCC23CCC4C(CCC5CC(=O)CC[C@@]54C)C2CC[C@@H]3O)c1. The third-order valence-corrected chi connectivity index (χ3v) is 12.7. The van der Waals surface area contributed by atoms with Crippen molar-refractivity contribution in [2.45, 2.75) is 135 Å². The monoisotopic (exact) mass is 535 g/mol. The van der Waals surface area contributed by atoms with Crippen LogP contribution in [0.25, 0.3) is 0 Å². The predicted octanol–water partition coefficient (Wildman–Crippen LogP) is 7.78. The molecule has 1 aromatic carbocycles. The number of benzene rings is 1. The highest BCUT2D eigenvalue weighted by Crippen LogP contribution is 2.66. The van der Waals surface area contributed by atoms with Gasteiger partial charge in [-0.3, -0.25) is 4.79 Å². The molecule has 5 saturated carbocycles. The zero-order chi connectivity index (χ0) is 27.0. The summed E-state index contributed by atoms with van der Waals surface area (Å²) in [6, 6.07) is 9.81. The number of nitrogens with one attached hydrogen (secondary N) is 1. The predicted molar refractivity (Wildman–Crippen MR) is 157 cm³/mol. The van der Waals surface area contributed by atoms with Crippen molar-refractivity contribution in [3.05, 3.63) is 29.8 Å². The van der Waals surface area contributed by atoms with Gasteiger partial charge in [-0.15, -0.1) is 0 Å². The second-order valence-electron chi connectivity index (χ2n) is 14.4. The van der Waals surface area contributed by atoms with Crippen molar-refractivity contribution in [1.29, 1.82) is 0 Å². The van der Waals surface area contributed by atoms with Crippen LogP contribution in [0.15, 0.2) is 24.3 Å². The van der Waals surface area contributed by atoms with Gasteiger partial charge in [-0.1, -0.05) is 45.2 Å². The number of Topliss-reactive ketones (excluding diaryl/α,β-unsaturated/α-hetero) is 1. The van der Waals surface area contributed by atoms with Crippen molar-refractivity contribution in [2.75, 3.05) is 6.61 Å². The average Bonchev–Trinajstić information content (AvgIpc) is 3.29. The molecule has 0 bridgehead atoms. The van der Waals surface area contributed by atoms with E-state index in [1.807, 2.05) is 0 Å². The molecule has 5 aliphatic carbocycles. The molecule has 5 fully saturated rings. The van der Waals surface area contributed by atoms with Crippen LogP contribution in [0.5, 0.6) is 5.75 Å². The van der Waals surface area contributed by atoms with Crippen LogP contribution in [0.1, 0.15) is 128 Å². The second kappa shape index (κ2) is 11.5. The Bertz CT molecular complexity index is 1000. The van der Waals surface area contributed by atoms with Gasteiger partial charge in [0.2, 0.25) is 0 Å². The number of ketones is 1. The van der Waals surface area contributed by atoms with Crippen molar-refractivity contribution in [3.8, 4) is 5.75 Å². The second-order valence-corrected chi connectivity index (χ2v) is 14.4. The van der Waals surface area contributed by atoms with E-state index in [4.69, 9.17) is 4.74 Å². The summed E-state index contributed by atoms with van der Waals surface area (Å²) in [4.78, 5) is 12.2. The first-order valence-corrected chi connectivity index (χ1v) is 16.6. The van der Waals surface area contributed by atoms with Gasteiger partial charge in [0.15, 0.2) is 0 Å². The number of hydrogen-bond acceptors (Lipinski definition) is 4. The number of hydrogen-bond donors (Lipinski definition) is 2. The molecular formula is C35H53NO3. The van der Waals surface area contributed by atoms with Crippen LogP contribution in [0.2, 0.25) is 0 Å². The molecule has 39 heavy (non-hydrogen) atoms. The summed E-state index contributed by atoms with van der Waals surface area (Å²) in [5, 5.41) is 15.3. The Balaban J connectivity index is 1.11. The molecule has 0 spiro atoms. The fraction of sp³-hybridized carbons (Fsp3) is 0.800. The molecule has 216 valence electrons. The van der Waals surface area contributed by atoms with Crippen LogP contribution in [0, 0.1) is 34.5 Å². The van der Waals surface area contributed by atoms with E-state index in [-0.39, 0.29) is 11.5 Å². The molecule has 4 nitrogen and oxygen atoms in total. The zero-order valence-electron chi connectivity index (χ0n) is 24.6. The van der Waals surface area contributed by atoms with E-state index in [2.05, 4.69) is 43.4 Å². The molecule has 0 radical (unpaired) electrons. The summed E-state index contributed by atoms with van der Waals surface area (Å²) in [6.07, 6.45) is 18.2. The van der Waals surface area contributed by atoms with Gasteiger partial charge in [-0.05, 0) is 117 Å². The summed E-state index contributed by atoms with van der Waals surface area (Å²) in [6.45, 7) is 5.49. The minimum Gasteiger partial charge on any atom is -0.494 e. The Hall–Kier alpha value is -1.39. The summed E-state index contributed by atoms with van der Waals surface area (Å²) >= 11 is 0. The molecule has 0 amide bonds. The van der Waals surface area contributed by atoms with Gasteiger partial charge in [0.05, 0.1) is 12.7 Å². The first-order chi connectivity index (χ1) is 18.9. The van der Waals surface area contributed by atoms with E-state index < -0.39 is 0 Å². The van der Waals surface area contributed by atoms with Gasteiger partial charge in [0.25, 0.3) is 0 Å². The summed E-state index contributed by atoms with van der Waals surface area (Å²) < 4.78 is 6.46. The fourth-order valence-corrected chi connectivity index (χ4v) is 10.5. The van der Waals surface area contributed by atoms with Crippen LogP contribution in [-0.2, 0) is 4.79 Å². The lowest BCUT2D eigenvalue weighted by Crippen LogP contribution is -2.55. The number of ether oxygens (including phenoxy) is 1. The minimum absolute atomic E-state index is 0.0148. The van der Waals surface area contributed by atoms with Crippen LogP contribution in [0.3, 0.4) is 0 Å². The molecule has 1 aromatic rings. The molecule has 2 N–H and O–H groups in total. The quantitative estimate of drug-likeness (QED) is 0.357. The number of aliphatic hydroxyl groups is 1. The third-order valence-electron chi connectivity index (χ3n) is 12.7. The Morgan fingerprint density at radius 1 is 1.03 bits per heavy atom. The smallest absolute Gasteiger partial charge is 0.133 e. The third kappa shape index (κ3) is 5.23.